The van der Waals surface area contributed by atoms with E-state index >= 15 is 0 Å². The van der Waals surface area contributed by atoms with Crippen LogP contribution in [0.3, 0.4) is 0 Å². The van der Waals surface area contributed by atoms with Crippen LogP contribution in [-0.4, -0.2) is 18.4 Å². The molecule has 1 aliphatic heterocycles. The van der Waals surface area contributed by atoms with Gasteiger partial charge in [-0.1, -0.05) is 41.4 Å². The molecule has 1 fully saturated rings. The molecule has 2 aromatic carbocycles. The Kier molecular flexibility index (Phi) is 4.93. The van der Waals surface area contributed by atoms with Crippen LogP contribution in [-0.2, 0) is 9.59 Å². The number of para-hydroxylation sites is 2. The molecule has 5 nitrogen and oxygen atoms in total. The summed E-state index contributed by atoms with van der Waals surface area (Å²) in [5.41, 5.74) is 1.21. The molecule has 1 atom stereocenters. The summed E-state index contributed by atoms with van der Waals surface area (Å²) >= 11 is 12.3. The molecule has 0 radical (unpaired) electrons. The largest absolute Gasteiger partial charge is 0.325 e. The van der Waals surface area contributed by atoms with Crippen molar-refractivity contribution >= 4 is 46.4 Å². The molecular formula is C18H13Cl2N3O2. The van der Waals surface area contributed by atoms with Gasteiger partial charge in [0, 0.05) is 13.0 Å². The van der Waals surface area contributed by atoms with E-state index in [0.29, 0.717) is 27.0 Å². The van der Waals surface area contributed by atoms with Crippen LogP contribution >= 0.6 is 23.2 Å². The quantitative estimate of drug-likeness (QED) is 0.887. The van der Waals surface area contributed by atoms with Crippen molar-refractivity contribution in [1.82, 2.24) is 0 Å². The fraction of sp³-hybridized carbons (Fsp3) is 0.167. The van der Waals surface area contributed by atoms with Gasteiger partial charge in [-0.3, -0.25) is 9.59 Å². The van der Waals surface area contributed by atoms with Crippen LogP contribution in [0.2, 0.25) is 10.0 Å². The van der Waals surface area contributed by atoms with Gasteiger partial charge in [-0.2, -0.15) is 5.26 Å². The number of carbonyl (C=O) groups excluding carboxylic acids is 2. The number of hydrogen-bond donors (Lipinski definition) is 1. The number of nitrogens with zero attached hydrogens (tertiary/aromatic N) is 2. The molecule has 1 heterocycles. The first-order valence-corrected chi connectivity index (χ1v) is 8.31. The third-order valence-electron chi connectivity index (χ3n) is 4.01. The van der Waals surface area contributed by atoms with Crippen LogP contribution in [0.25, 0.3) is 0 Å². The number of nitriles is 1. The van der Waals surface area contributed by atoms with E-state index in [4.69, 9.17) is 28.5 Å². The van der Waals surface area contributed by atoms with Crippen LogP contribution in [0.1, 0.15) is 12.0 Å². The minimum absolute atomic E-state index is 0.0576. The topological polar surface area (TPSA) is 73.2 Å². The lowest BCUT2D eigenvalue weighted by Crippen LogP contribution is -2.28. The highest BCUT2D eigenvalue weighted by Gasteiger charge is 2.37. The maximum atomic E-state index is 12.5. The zero-order chi connectivity index (χ0) is 18.0. The number of amides is 2. The standard InChI is InChI=1S/C18H13Cl2N3O2/c19-13-5-3-6-14(20)17(13)23-10-12(8-16(23)24)18(25)22-15-7-2-1-4-11(15)9-21/h1-7,12H,8,10H2,(H,22,25). The summed E-state index contributed by atoms with van der Waals surface area (Å²) in [5.74, 6) is -1.09. The minimum atomic E-state index is -0.549. The molecule has 0 bridgehead atoms. The molecule has 1 unspecified atom stereocenters. The fourth-order valence-corrected chi connectivity index (χ4v) is 3.37. The lowest BCUT2D eigenvalue weighted by atomic mass is 10.1. The smallest absolute Gasteiger partial charge is 0.229 e. The Morgan fingerprint density at radius 2 is 1.84 bits per heavy atom. The zero-order valence-corrected chi connectivity index (χ0v) is 14.5. The molecule has 0 aliphatic carbocycles. The lowest BCUT2D eigenvalue weighted by Gasteiger charge is -2.19. The number of anilines is 2. The number of carbonyl (C=O) groups is 2. The van der Waals surface area contributed by atoms with E-state index in [0.717, 1.165) is 0 Å². The number of rotatable bonds is 3. The third kappa shape index (κ3) is 3.46. The van der Waals surface area contributed by atoms with Gasteiger partial charge in [0.15, 0.2) is 0 Å². The highest BCUT2D eigenvalue weighted by molar-refractivity contribution is 6.40. The van der Waals surface area contributed by atoms with Gasteiger partial charge < -0.3 is 10.2 Å². The number of benzene rings is 2. The molecular weight excluding hydrogens is 361 g/mol. The third-order valence-corrected chi connectivity index (χ3v) is 4.62. The summed E-state index contributed by atoms with van der Waals surface area (Å²) < 4.78 is 0. The van der Waals surface area contributed by atoms with Crippen LogP contribution in [0.5, 0.6) is 0 Å². The van der Waals surface area contributed by atoms with E-state index in [1.807, 2.05) is 6.07 Å². The van der Waals surface area contributed by atoms with Crippen molar-refractivity contribution in [2.24, 2.45) is 5.92 Å². The molecule has 25 heavy (non-hydrogen) atoms. The summed E-state index contributed by atoms with van der Waals surface area (Å²) in [7, 11) is 0. The van der Waals surface area contributed by atoms with Crippen LogP contribution in [0, 0.1) is 17.2 Å². The Bertz CT molecular complexity index is 872. The second kappa shape index (κ2) is 7.14. The fourth-order valence-electron chi connectivity index (χ4n) is 2.77. The molecule has 3 rings (SSSR count). The first-order chi connectivity index (χ1) is 12.0. The van der Waals surface area contributed by atoms with E-state index in [1.54, 1.807) is 42.5 Å². The van der Waals surface area contributed by atoms with E-state index in [1.165, 1.54) is 4.90 Å². The molecule has 0 saturated carbocycles. The molecule has 0 spiro atoms. The van der Waals surface area contributed by atoms with Gasteiger partial charge in [-0.05, 0) is 24.3 Å². The van der Waals surface area contributed by atoms with Gasteiger partial charge >= 0.3 is 0 Å². The molecule has 0 aromatic heterocycles. The Balaban J connectivity index is 1.79. The molecule has 1 aliphatic rings. The Hall–Kier alpha value is -2.55. The number of nitrogens with one attached hydrogen (secondary N) is 1. The Morgan fingerprint density at radius 1 is 1.16 bits per heavy atom. The normalized spacial score (nSPS) is 16.6. The molecule has 1 N–H and O–H groups in total. The predicted molar refractivity (Wildman–Crippen MR) is 96.7 cm³/mol. The first kappa shape index (κ1) is 17.3. The van der Waals surface area contributed by atoms with Gasteiger partial charge in [0.25, 0.3) is 0 Å². The summed E-state index contributed by atoms with van der Waals surface area (Å²) in [4.78, 5) is 26.3. The van der Waals surface area contributed by atoms with Crippen LogP contribution in [0.4, 0.5) is 11.4 Å². The highest BCUT2D eigenvalue weighted by Crippen LogP contribution is 2.37. The summed E-state index contributed by atoms with van der Waals surface area (Å²) in [6.45, 7) is 0.183. The van der Waals surface area contributed by atoms with Gasteiger partial charge in [0.1, 0.15) is 6.07 Å². The van der Waals surface area contributed by atoms with Crippen molar-refractivity contribution < 1.29 is 9.59 Å². The first-order valence-electron chi connectivity index (χ1n) is 7.55. The molecule has 2 aromatic rings. The summed E-state index contributed by atoms with van der Waals surface area (Å²) in [6, 6.07) is 13.7. The van der Waals surface area contributed by atoms with Crippen molar-refractivity contribution in [1.29, 1.82) is 5.26 Å². The maximum absolute atomic E-state index is 12.5. The van der Waals surface area contributed by atoms with Gasteiger partial charge in [0.05, 0.1) is 32.9 Å². The molecule has 1 saturated heterocycles. The summed E-state index contributed by atoms with van der Waals surface area (Å²) in [6.07, 6.45) is 0.0576. The SMILES string of the molecule is N#Cc1ccccc1NC(=O)C1CC(=O)N(c2c(Cl)cccc2Cl)C1. The van der Waals surface area contributed by atoms with Gasteiger partial charge in [0.2, 0.25) is 11.8 Å². The molecule has 2 amide bonds. The maximum Gasteiger partial charge on any atom is 0.229 e. The number of halogens is 2. The average molecular weight is 374 g/mol. The van der Waals surface area contributed by atoms with Crippen molar-refractivity contribution in [3.63, 3.8) is 0 Å². The van der Waals surface area contributed by atoms with Gasteiger partial charge in [-0.25, -0.2) is 0 Å². The monoisotopic (exact) mass is 373 g/mol. The van der Waals surface area contributed by atoms with Crippen molar-refractivity contribution in [2.75, 3.05) is 16.8 Å². The van der Waals surface area contributed by atoms with Crippen LogP contribution < -0.4 is 10.2 Å². The summed E-state index contributed by atoms with van der Waals surface area (Å²) in [5, 5.41) is 12.5. The second-order valence-corrected chi connectivity index (χ2v) is 6.44. The Labute approximate surface area is 154 Å². The van der Waals surface area contributed by atoms with E-state index in [2.05, 4.69) is 5.32 Å². The molecule has 7 heteroatoms. The van der Waals surface area contributed by atoms with E-state index < -0.39 is 5.92 Å². The van der Waals surface area contributed by atoms with Crippen LogP contribution in [0.15, 0.2) is 42.5 Å². The second-order valence-electron chi connectivity index (χ2n) is 5.62. The number of hydrogen-bond acceptors (Lipinski definition) is 3. The Morgan fingerprint density at radius 3 is 2.52 bits per heavy atom. The van der Waals surface area contributed by atoms with Crippen molar-refractivity contribution in [3.05, 3.63) is 58.1 Å². The van der Waals surface area contributed by atoms with Crippen molar-refractivity contribution in [2.45, 2.75) is 6.42 Å². The van der Waals surface area contributed by atoms with E-state index in [9.17, 15) is 9.59 Å². The van der Waals surface area contributed by atoms with Gasteiger partial charge in [-0.15, -0.1) is 0 Å². The highest BCUT2D eigenvalue weighted by atomic mass is 35.5. The zero-order valence-electron chi connectivity index (χ0n) is 13.0. The lowest BCUT2D eigenvalue weighted by molar-refractivity contribution is -0.122. The van der Waals surface area contributed by atoms with Crippen molar-refractivity contribution in [3.8, 4) is 6.07 Å². The predicted octanol–water partition coefficient (Wildman–Crippen LogP) is 3.86. The molecule has 126 valence electrons. The van der Waals surface area contributed by atoms with E-state index in [-0.39, 0.29) is 24.8 Å². The minimum Gasteiger partial charge on any atom is -0.325 e. The average Bonchev–Trinajstić information content (AvgIpc) is 2.97.